The third-order valence-corrected chi connectivity index (χ3v) is 13.6. The van der Waals surface area contributed by atoms with Gasteiger partial charge in [-0.1, -0.05) is 146 Å². The highest BCUT2D eigenvalue weighted by Gasteiger charge is 2.24. The van der Waals surface area contributed by atoms with E-state index in [0.717, 1.165) is 28.4 Å². The summed E-state index contributed by atoms with van der Waals surface area (Å²) < 4.78 is 7.51. The first-order valence-corrected chi connectivity index (χ1v) is 20.8. The molecule has 4 heterocycles. The molecular formula is C51H32N4S2. The molecule has 3 aromatic heterocycles. The normalized spacial score (nSPS) is 14.5. The van der Waals surface area contributed by atoms with E-state index in [2.05, 4.69) is 180 Å². The summed E-state index contributed by atoms with van der Waals surface area (Å²) in [4.78, 5) is 10.4. The summed E-state index contributed by atoms with van der Waals surface area (Å²) in [5.41, 5.74) is 9.33. The van der Waals surface area contributed by atoms with E-state index in [0.29, 0.717) is 0 Å². The lowest BCUT2D eigenvalue weighted by atomic mass is 9.97. The van der Waals surface area contributed by atoms with Crippen LogP contribution in [0.5, 0.6) is 0 Å². The lowest BCUT2D eigenvalue weighted by Gasteiger charge is -2.24. The van der Waals surface area contributed by atoms with Gasteiger partial charge < -0.3 is 9.88 Å². The van der Waals surface area contributed by atoms with Crippen molar-refractivity contribution in [2.45, 2.75) is 6.17 Å². The minimum absolute atomic E-state index is 0.253. The number of hydrogen-bond acceptors (Lipinski definition) is 5. The van der Waals surface area contributed by atoms with Gasteiger partial charge in [-0.05, 0) is 53.1 Å². The number of amidine groups is 2. The minimum Gasteiger partial charge on any atom is -0.344 e. The van der Waals surface area contributed by atoms with Crippen LogP contribution in [0.1, 0.15) is 22.9 Å². The maximum absolute atomic E-state index is 5.24. The number of aromatic nitrogens is 1. The lowest BCUT2D eigenvalue weighted by Crippen LogP contribution is -2.33. The average Bonchev–Trinajstić information content (AvgIpc) is 3.96. The summed E-state index contributed by atoms with van der Waals surface area (Å²) in [6, 6.07) is 65.4. The zero-order valence-corrected chi connectivity index (χ0v) is 32.2. The van der Waals surface area contributed by atoms with Crippen molar-refractivity contribution in [3.8, 4) is 16.8 Å². The number of benzene rings is 8. The van der Waals surface area contributed by atoms with Gasteiger partial charge in [0.2, 0.25) is 0 Å². The van der Waals surface area contributed by atoms with Gasteiger partial charge in [0, 0.05) is 57.5 Å². The average molecular weight is 765 g/mol. The molecular weight excluding hydrogens is 733 g/mol. The van der Waals surface area contributed by atoms with Crippen molar-refractivity contribution in [2.24, 2.45) is 9.98 Å². The van der Waals surface area contributed by atoms with Crippen molar-refractivity contribution in [3.05, 3.63) is 199 Å². The Kier molecular flexibility index (Phi) is 7.30. The third-order valence-electron chi connectivity index (χ3n) is 11.3. The first-order chi connectivity index (χ1) is 28.3. The van der Waals surface area contributed by atoms with Crippen LogP contribution in [0.2, 0.25) is 0 Å². The lowest BCUT2D eigenvalue weighted by molar-refractivity contribution is 0.674. The van der Waals surface area contributed by atoms with E-state index in [-0.39, 0.29) is 6.17 Å². The van der Waals surface area contributed by atoms with Gasteiger partial charge >= 0.3 is 0 Å². The quantitative estimate of drug-likeness (QED) is 0.186. The van der Waals surface area contributed by atoms with Crippen LogP contribution in [0.4, 0.5) is 0 Å². The standard InChI is InChI=1S/C51H32N4S2/c1-3-14-31(15-4-1)49-52-50(32-16-5-2-6-17-32)54-51(53-49)39-22-13-26-43-47(39)37-29-28-33(30-45(37)56-43)34-20-12-27-44-46(34)38-21-11-25-42(48(38)57-44)55-40-23-9-7-18-35(40)36-19-8-10-24-41(36)55/h1-30,49H,(H,52,53,54). The van der Waals surface area contributed by atoms with Crippen molar-refractivity contribution >= 4 is 96.5 Å². The molecule has 0 amide bonds. The highest BCUT2D eigenvalue weighted by Crippen LogP contribution is 2.46. The molecule has 1 unspecified atom stereocenters. The van der Waals surface area contributed by atoms with Gasteiger partial charge in [-0.3, -0.25) is 0 Å². The molecule has 12 rings (SSSR count). The molecule has 268 valence electrons. The predicted molar refractivity (Wildman–Crippen MR) is 244 cm³/mol. The molecule has 0 spiro atoms. The fraction of sp³-hybridized carbons (Fsp3) is 0.0196. The van der Waals surface area contributed by atoms with E-state index < -0.39 is 0 Å². The van der Waals surface area contributed by atoms with E-state index in [1.807, 2.05) is 34.8 Å². The van der Waals surface area contributed by atoms with E-state index in [1.54, 1.807) is 0 Å². The molecule has 1 aliphatic rings. The zero-order chi connectivity index (χ0) is 37.5. The monoisotopic (exact) mass is 764 g/mol. The summed E-state index contributed by atoms with van der Waals surface area (Å²) in [5.74, 6) is 1.56. The first kappa shape index (κ1) is 32.4. The molecule has 6 heteroatoms. The molecule has 1 N–H and O–H groups in total. The SMILES string of the molecule is c1ccc(C2=NC(c3cccc4sc5cc(-c6cccc7sc8c(-n9c%10ccccc%10c%10ccccc%109)cccc8c67)ccc5c34)=NC(c3ccccc3)N2)cc1. The van der Waals surface area contributed by atoms with Crippen LogP contribution in [0.15, 0.2) is 192 Å². The number of fused-ring (bicyclic) bond motifs is 9. The first-order valence-electron chi connectivity index (χ1n) is 19.2. The van der Waals surface area contributed by atoms with Gasteiger partial charge in [-0.2, -0.15) is 0 Å². The number of aliphatic imine (C=N–C) groups is 2. The highest BCUT2D eigenvalue weighted by molar-refractivity contribution is 7.26. The molecule has 8 aromatic carbocycles. The number of rotatable bonds is 5. The molecule has 0 radical (unpaired) electrons. The third kappa shape index (κ3) is 5.11. The molecule has 0 aliphatic carbocycles. The number of nitrogens with one attached hydrogen (secondary N) is 1. The van der Waals surface area contributed by atoms with E-state index >= 15 is 0 Å². The summed E-state index contributed by atoms with van der Waals surface area (Å²) in [5, 5.41) is 11.2. The molecule has 57 heavy (non-hydrogen) atoms. The Balaban J connectivity index is 1.01. The Labute approximate surface area is 336 Å². The fourth-order valence-electron chi connectivity index (χ4n) is 8.73. The predicted octanol–water partition coefficient (Wildman–Crippen LogP) is 13.7. The van der Waals surface area contributed by atoms with Crippen LogP contribution in [-0.4, -0.2) is 16.2 Å². The smallest absolute Gasteiger partial charge is 0.160 e. The molecule has 0 saturated heterocycles. The van der Waals surface area contributed by atoms with Crippen LogP contribution in [0.3, 0.4) is 0 Å². The van der Waals surface area contributed by atoms with Crippen LogP contribution in [0.25, 0.3) is 79.0 Å². The Morgan fingerprint density at radius 2 is 1.11 bits per heavy atom. The number of thiophene rings is 2. The molecule has 0 fully saturated rings. The van der Waals surface area contributed by atoms with Gasteiger partial charge in [0.25, 0.3) is 0 Å². The molecule has 1 atom stereocenters. The minimum atomic E-state index is -0.253. The second-order valence-corrected chi connectivity index (χ2v) is 16.7. The number of hydrogen-bond donors (Lipinski definition) is 1. The number of nitrogens with zero attached hydrogens (tertiary/aromatic N) is 3. The van der Waals surface area contributed by atoms with Crippen molar-refractivity contribution in [1.29, 1.82) is 0 Å². The Morgan fingerprint density at radius 3 is 1.88 bits per heavy atom. The zero-order valence-electron chi connectivity index (χ0n) is 30.6. The van der Waals surface area contributed by atoms with Crippen LogP contribution >= 0.6 is 22.7 Å². The van der Waals surface area contributed by atoms with Crippen molar-refractivity contribution < 1.29 is 0 Å². The number of para-hydroxylation sites is 2. The van der Waals surface area contributed by atoms with E-state index in [1.165, 1.54) is 79.0 Å². The van der Waals surface area contributed by atoms with Crippen LogP contribution in [0, 0.1) is 0 Å². The van der Waals surface area contributed by atoms with Gasteiger partial charge in [0.15, 0.2) is 5.84 Å². The van der Waals surface area contributed by atoms with Crippen LogP contribution < -0.4 is 5.32 Å². The summed E-state index contributed by atoms with van der Waals surface area (Å²) >= 11 is 3.72. The van der Waals surface area contributed by atoms with Crippen molar-refractivity contribution in [3.63, 3.8) is 0 Å². The maximum Gasteiger partial charge on any atom is 0.160 e. The molecule has 1 aliphatic heterocycles. The molecule has 0 saturated carbocycles. The van der Waals surface area contributed by atoms with Gasteiger partial charge in [-0.15, -0.1) is 22.7 Å². The Bertz CT molecular complexity index is 3390. The fourth-order valence-corrected chi connectivity index (χ4v) is 11.1. The van der Waals surface area contributed by atoms with Gasteiger partial charge in [-0.25, -0.2) is 9.98 Å². The Hall–Kier alpha value is -6.86. The highest BCUT2D eigenvalue weighted by atomic mass is 32.1. The van der Waals surface area contributed by atoms with Crippen LogP contribution in [-0.2, 0) is 0 Å². The summed E-state index contributed by atoms with van der Waals surface area (Å²) in [6.07, 6.45) is -0.253. The molecule has 11 aromatic rings. The van der Waals surface area contributed by atoms with Crippen molar-refractivity contribution in [1.82, 2.24) is 9.88 Å². The summed E-state index contributed by atoms with van der Waals surface area (Å²) in [7, 11) is 0. The second kappa shape index (κ2) is 12.8. The summed E-state index contributed by atoms with van der Waals surface area (Å²) in [6.45, 7) is 0. The topological polar surface area (TPSA) is 41.7 Å². The maximum atomic E-state index is 5.24. The second-order valence-electron chi connectivity index (χ2n) is 14.5. The molecule has 4 nitrogen and oxygen atoms in total. The van der Waals surface area contributed by atoms with E-state index in [9.17, 15) is 0 Å². The Morgan fingerprint density at radius 1 is 0.474 bits per heavy atom. The van der Waals surface area contributed by atoms with Gasteiger partial charge in [0.05, 0.1) is 21.4 Å². The van der Waals surface area contributed by atoms with Crippen molar-refractivity contribution in [2.75, 3.05) is 0 Å². The van der Waals surface area contributed by atoms with E-state index in [4.69, 9.17) is 9.98 Å². The largest absolute Gasteiger partial charge is 0.344 e. The van der Waals surface area contributed by atoms with Gasteiger partial charge in [0.1, 0.15) is 12.0 Å². The molecule has 0 bridgehead atoms.